The van der Waals surface area contributed by atoms with Crippen LogP contribution < -0.4 is 0 Å². The largest absolute Gasteiger partial charge is 0.338 e. The van der Waals surface area contributed by atoms with Crippen LogP contribution in [0.4, 0.5) is 0 Å². The van der Waals surface area contributed by atoms with E-state index in [2.05, 4.69) is 27.5 Å². The van der Waals surface area contributed by atoms with E-state index in [0.29, 0.717) is 12.5 Å². The molecule has 1 saturated heterocycles. The van der Waals surface area contributed by atoms with Gasteiger partial charge in [-0.15, -0.1) is 0 Å². The van der Waals surface area contributed by atoms with Crippen LogP contribution in [-0.4, -0.2) is 38.4 Å². The minimum atomic E-state index is 0.176. The molecule has 1 fully saturated rings. The fourth-order valence-electron chi connectivity index (χ4n) is 3.43. The molecule has 24 heavy (non-hydrogen) atoms. The molecule has 1 aliphatic heterocycles. The molecule has 2 aromatic heterocycles. The zero-order valence-corrected chi connectivity index (χ0v) is 13.9. The maximum Gasteiger partial charge on any atom is 0.227 e. The van der Waals surface area contributed by atoms with E-state index in [9.17, 15) is 4.79 Å². The van der Waals surface area contributed by atoms with Crippen molar-refractivity contribution in [3.8, 4) is 0 Å². The molecular weight excluding hydrogens is 300 g/mol. The Kier molecular flexibility index (Phi) is 3.56. The molecular formula is C19H20N4O. The van der Waals surface area contributed by atoms with Gasteiger partial charge in [-0.1, -0.05) is 18.2 Å². The van der Waals surface area contributed by atoms with Crippen LogP contribution in [0.3, 0.4) is 0 Å². The Labute approximate surface area is 140 Å². The number of carbonyl (C=O) groups excluding carboxylic acids is 1. The van der Waals surface area contributed by atoms with Crippen LogP contribution in [0.25, 0.3) is 10.9 Å². The second-order valence-corrected chi connectivity index (χ2v) is 6.46. The van der Waals surface area contributed by atoms with Gasteiger partial charge in [-0.25, -0.2) is 4.98 Å². The van der Waals surface area contributed by atoms with Crippen LogP contribution in [0, 0.1) is 13.8 Å². The third-order valence-electron chi connectivity index (χ3n) is 4.98. The molecule has 5 nitrogen and oxygen atoms in total. The number of hydrogen-bond donors (Lipinski definition) is 0. The molecule has 122 valence electrons. The number of para-hydroxylation sites is 1. The van der Waals surface area contributed by atoms with E-state index in [4.69, 9.17) is 0 Å². The van der Waals surface area contributed by atoms with Gasteiger partial charge in [0, 0.05) is 36.6 Å². The average molecular weight is 320 g/mol. The van der Waals surface area contributed by atoms with Crippen molar-refractivity contribution >= 4 is 16.8 Å². The van der Waals surface area contributed by atoms with Gasteiger partial charge in [0.1, 0.15) is 0 Å². The summed E-state index contributed by atoms with van der Waals surface area (Å²) in [6.07, 6.45) is 5.96. The Balaban J connectivity index is 1.51. The van der Waals surface area contributed by atoms with Crippen LogP contribution in [0.2, 0.25) is 0 Å². The number of fused-ring (bicyclic) bond motifs is 1. The summed E-state index contributed by atoms with van der Waals surface area (Å²) in [5, 5.41) is 1.13. The first-order valence-corrected chi connectivity index (χ1v) is 8.23. The van der Waals surface area contributed by atoms with Gasteiger partial charge in [-0.3, -0.25) is 9.78 Å². The molecule has 1 aromatic carbocycles. The average Bonchev–Trinajstić information content (AvgIpc) is 3.04. The van der Waals surface area contributed by atoms with Gasteiger partial charge in [-0.05, 0) is 31.0 Å². The van der Waals surface area contributed by atoms with Crippen LogP contribution in [0.5, 0.6) is 0 Å². The summed E-state index contributed by atoms with van der Waals surface area (Å²) in [5.74, 6) is 0.176. The second-order valence-electron chi connectivity index (χ2n) is 6.46. The topological polar surface area (TPSA) is 51.0 Å². The van der Waals surface area contributed by atoms with Gasteiger partial charge in [0.25, 0.3) is 0 Å². The number of hydrogen-bond acceptors (Lipinski definition) is 3. The highest BCUT2D eigenvalue weighted by molar-refractivity contribution is 5.86. The lowest BCUT2D eigenvalue weighted by Crippen LogP contribution is -2.51. The zero-order chi connectivity index (χ0) is 16.7. The monoisotopic (exact) mass is 320 g/mol. The number of benzene rings is 1. The van der Waals surface area contributed by atoms with Crippen molar-refractivity contribution in [2.45, 2.75) is 26.3 Å². The molecule has 1 aliphatic rings. The van der Waals surface area contributed by atoms with Crippen molar-refractivity contribution in [1.82, 2.24) is 19.4 Å². The lowest BCUT2D eigenvalue weighted by molar-refractivity contribution is -0.136. The summed E-state index contributed by atoms with van der Waals surface area (Å²) < 4.78 is 2.07. The van der Waals surface area contributed by atoms with Gasteiger partial charge >= 0.3 is 0 Å². The van der Waals surface area contributed by atoms with Crippen molar-refractivity contribution < 1.29 is 4.79 Å². The Hall–Kier alpha value is -2.69. The number of pyridine rings is 1. The summed E-state index contributed by atoms with van der Waals surface area (Å²) in [5.41, 5.74) is 4.17. The standard InChI is InChI=1S/C19H20N4O/c1-13-16-5-3-4-6-18(16)21-14(2)17(13)9-19(24)23-10-15(11-23)22-8-7-20-12-22/h3-8,12,15H,9-11H2,1-2H3. The third-order valence-corrected chi connectivity index (χ3v) is 4.98. The van der Waals surface area contributed by atoms with Crippen LogP contribution in [0.15, 0.2) is 43.0 Å². The molecule has 0 radical (unpaired) electrons. The SMILES string of the molecule is Cc1nc2ccccc2c(C)c1CC(=O)N1CC(n2ccnc2)C1. The summed E-state index contributed by atoms with van der Waals surface area (Å²) in [4.78, 5) is 23.3. The van der Waals surface area contributed by atoms with E-state index in [1.165, 1.54) is 0 Å². The summed E-state index contributed by atoms with van der Waals surface area (Å²) in [6.45, 7) is 5.60. The molecule has 3 aromatic rings. The third kappa shape index (κ3) is 2.46. The maximum absolute atomic E-state index is 12.6. The summed E-state index contributed by atoms with van der Waals surface area (Å²) >= 11 is 0. The van der Waals surface area contributed by atoms with Gasteiger partial charge in [0.15, 0.2) is 0 Å². The van der Waals surface area contributed by atoms with E-state index in [-0.39, 0.29) is 5.91 Å². The van der Waals surface area contributed by atoms with Crippen molar-refractivity contribution in [1.29, 1.82) is 0 Å². The fourth-order valence-corrected chi connectivity index (χ4v) is 3.43. The number of imidazole rings is 1. The van der Waals surface area contributed by atoms with Crippen LogP contribution in [-0.2, 0) is 11.2 Å². The van der Waals surface area contributed by atoms with Crippen LogP contribution in [0.1, 0.15) is 22.9 Å². The van der Waals surface area contributed by atoms with E-state index >= 15 is 0 Å². The normalized spacial score (nSPS) is 14.8. The first-order valence-electron chi connectivity index (χ1n) is 8.23. The molecule has 0 unspecified atom stereocenters. The number of aromatic nitrogens is 3. The molecule has 3 heterocycles. The number of amides is 1. The minimum Gasteiger partial charge on any atom is -0.338 e. The number of carbonyl (C=O) groups is 1. The molecule has 5 heteroatoms. The summed E-state index contributed by atoms with van der Waals surface area (Å²) in [6, 6.07) is 8.46. The van der Waals surface area contributed by atoms with Crippen molar-refractivity contribution in [2.24, 2.45) is 0 Å². The van der Waals surface area contributed by atoms with E-state index in [0.717, 1.165) is 40.8 Å². The zero-order valence-electron chi connectivity index (χ0n) is 13.9. The summed E-state index contributed by atoms with van der Waals surface area (Å²) in [7, 11) is 0. The van der Waals surface area contributed by atoms with Gasteiger partial charge in [0.2, 0.25) is 5.91 Å². The molecule has 0 atom stereocenters. The van der Waals surface area contributed by atoms with Gasteiger partial charge in [-0.2, -0.15) is 0 Å². The number of rotatable bonds is 3. The quantitative estimate of drug-likeness (QED) is 0.745. The predicted molar refractivity (Wildman–Crippen MR) is 92.8 cm³/mol. The van der Waals surface area contributed by atoms with Gasteiger partial charge < -0.3 is 9.47 Å². The predicted octanol–water partition coefficient (Wildman–Crippen LogP) is 2.67. The Morgan fingerprint density at radius 1 is 1.25 bits per heavy atom. The lowest BCUT2D eigenvalue weighted by Gasteiger charge is -2.40. The second kappa shape index (κ2) is 5.74. The maximum atomic E-state index is 12.6. The smallest absolute Gasteiger partial charge is 0.227 e. The Morgan fingerprint density at radius 2 is 2.04 bits per heavy atom. The van der Waals surface area contributed by atoms with E-state index in [1.54, 1.807) is 6.20 Å². The van der Waals surface area contributed by atoms with Crippen molar-refractivity contribution in [3.05, 3.63) is 59.8 Å². The Bertz CT molecular complexity index is 895. The van der Waals surface area contributed by atoms with Crippen LogP contribution >= 0.6 is 0 Å². The number of aryl methyl sites for hydroxylation is 2. The van der Waals surface area contributed by atoms with Crippen molar-refractivity contribution in [3.63, 3.8) is 0 Å². The highest BCUT2D eigenvalue weighted by atomic mass is 16.2. The molecule has 0 saturated carbocycles. The Morgan fingerprint density at radius 3 is 2.79 bits per heavy atom. The number of nitrogens with zero attached hydrogens (tertiary/aromatic N) is 4. The molecule has 0 aliphatic carbocycles. The molecule has 0 N–H and O–H groups in total. The fraction of sp³-hybridized carbons (Fsp3) is 0.316. The highest BCUT2D eigenvalue weighted by Crippen LogP contribution is 2.26. The molecule has 0 bridgehead atoms. The van der Waals surface area contributed by atoms with E-state index < -0.39 is 0 Å². The minimum absolute atomic E-state index is 0.176. The lowest BCUT2D eigenvalue weighted by atomic mass is 9.98. The van der Waals surface area contributed by atoms with Gasteiger partial charge in [0.05, 0.1) is 24.3 Å². The molecule has 0 spiro atoms. The molecule has 1 amide bonds. The first kappa shape index (κ1) is 14.9. The van der Waals surface area contributed by atoms with Crippen molar-refractivity contribution in [2.75, 3.05) is 13.1 Å². The molecule has 4 rings (SSSR count). The highest BCUT2D eigenvalue weighted by Gasteiger charge is 2.31. The number of likely N-dealkylation sites (tertiary alicyclic amines) is 1. The first-order chi connectivity index (χ1) is 11.6. The van der Waals surface area contributed by atoms with E-state index in [1.807, 2.05) is 42.5 Å².